The van der Waals surface area contributed by atoms with Crippen molar-refractivity contribution >= 4 is 0 Å². The van der Waals surface area contributed by atoms with E-state index in [-0.39, 0.29) is 23.0 Å². The second-order valence-electron chi connectivity index (χ2n) is 9.04. The maximum atomic E-state index is 6.26. The first-order chi connectivity index (χ1) is 13.1. The van der Waals surface area contributed by atoms with Gasteiger partial charge in [-0.1, -0.05) is 13.8 Å². The molecule has 4 rings (SSSR count). The van der Waals surface area contributed by atoms with E-state index >= 15 is 0 Å². The lowest BCUT2D eigenvalue weighted by atomic mass is 9.86. The fourth-order valence-electron chi connectivity index (χ4n) is 4.26. The van der Waals surface area contributed by atoms with Gasteiger partial charge in [-0.25, -0.2) is 0 Å². The molecule has 0 radical (unpaired) electrons. The summed E-state index contributed by atoms with van der Waals surface area (Å²) < 4.78 is 24.1. The zero-order chi connectivity index (χ0) is 20.4. The molecule has 0 N–H and O–H groups in total. The summed E-state index contributed by atoms with van der Waals surface area (Å²) in [5, 5.41) is 0. The fourth-order valence-corrected chi connectivity index (χ4v) is 4.26. The van der Waals surface area contributed by atoms with Crippen molar-refractivity contribution in [3.8, 4) is 34.1 Å². The van der Waals surface area contributed by atoms with E-state index < -0.39 is 0 Å². The van der Waals surface area contributed by atoms with Crippen LogP contribution in [-0.2, 0) is 0 Å². The SMILES string of the molecule is COc1cc2c(cc1-c1cc3c(cc1OC)C(C)C(C)(C)O3)OC(C)(C)C2C. The van der Waals surface area contributed by atoms with Crippen molar-refractivity contribution in [2.75, 3.05) is 14.2 Å². The summed E-state index contributed by atoms with van der Waals surface area (Å²) in [5.41, 5.74) is 3.78. The topological polar surface area (TPSA) is 36.9 Å². The van der Waals surface area contributed by atoms with Gasteiger partial charge in [0.2, 0.25) is 0 Å². The Balaban J connectivity index is 1.90. The first-order valence-electron chi connectivity index (χ1n) is 9.91. The summed E-state index contributed by atoms with van der Waals surface area (Å²) in [4.78, 5) is 0. The Morgan fingerprint density at radius 2 is 1.04 bits per heavy atom. The van der Waals surface area contributed by atoms with Crippen LogP contribution in [0, 0.1) is 0 Å². The Labute approximate surface area is 167 Å². The highest BCUT2D eigenvalue weighted by atomic mass is 16.5. The quantitative estimate of drug-likeness (QED) is 0.660. The van der Waals surface area contributed by atoms with Crippen LogP contribution in [0.3, 0.4) is 0 Å². The molecule has 0 aromatic heterocycles. The summed E-state index contributed by atoms with van der Waals surface area (Å²) in [6, 6.07) is 8.36. The van der Waals surface area contributed by atoms with Gasteiger partial charge in [0.15, 0.2) is 0 Å². The van der Waals surface area contributed by atoms with Crippen molar-refractivity contribution in [3.63, 3.8) is 0 Å². The zero-order valence-electron chi connectivity index (χ0n) is 18.1. The van der Waals surface area contributed by atoms with E-state index in [1.54, 1.807) is 14.2 Å². The third kappa shape index (κ3) is 2.65. The molecule has 4 heteroatoms. The third-order valence-corrected chi connectivity index (χ3v) is 6.72. The number of hydrogen-bond acceptors (Lipinski definition) is 4. The van der Waals surface area contributed by atoms with Crippen LogP contribution < -0.4 is 18.9 Å². The van der Waals surface area contributed by atoms with Crippen LogP contribution in [0.1, 0.15) is 64.5 Å². The number of benzene rings is 2. The Bertz CT molecular complexity index is 865. The molecule has 0 spiro atoms. The molecule has 2 heterocycles. The monoisotopic (exact) mass is 382 g/mol. The molecule has 2 aliphatic heterocycles. The minimum Gasteiger partial charge on any atom is -0.496 e. The summed E-state index contributed by atoms with van der Waals surface area (Å²) >= 11 is 0. The van der Waals surface area contributed by atoms with Crippen molar-refractivity contribution in [2.24, 2.45) is 0 Å². The predicted octanol–water partition coefficient (Wildman–Crippen LogP) is 5.92. The van der Waals surface area contributed by atoms with Gasteiger partial charge in [-0.15, -0.1) is 0 Å². The lowest BCUT2D eigenvalue weighted by Gasteiger charge is -2.22. The van der Waals surface area contributed by atoms with E-state index in [0.29, 0.717) is 0 Å². The van der Waals surface area contributed by atoms with Gasteiger partial charge >= 0.3 is 0 Å². The van der Waals surface area contributed by atoms with Gasteiger partial charge in [0, 0.05) is 34.1 Å². The number of methoxy groups -OCH3 is 2. The van der Waals surface area contributed by atoms with Crippen LogP contribution in [-0.4, -0.2) is 25.4 Å². The molecule has 0 bridgehead atoms. The van der Waals surface area contributed by atoms with Gasteiger partial charge in [0.1, 0.15) is 34.2 Å². The van der Waals surface area contributed by atoms with E-state index in [9.17, 15) is 0 Å². The van der Waals surface area contributed by atoms with Crippen LogP contribution in [0.4, 0.5) is 0 Å². The van der Waals surface area contributed by atoms with Crippen molar-refractivity contribution in [1.29, 1.82) is 0 Å². The lowest BCUT2D eigenvalue weighted by Crippen LogP contribution is -2.28. The molecule has 150 valence electrons. The van der Waals surface area contributed by atoms with E-state index in [1.807, 2.05) is 0 Å². The third-order valence-electron chi connectivity index (χ3n) is 6.72. The molecule has 2 aliphatic rings. The largest absolute Gasteiger partial charge is 0.496 e. The highest BCUT2D eigenvalue weighted by molar-refractivity contribution is 5.80. The van der Waals surface area contributed by atoms with Gasteiger partial charge in [0.05, 0.1) is 14.2 Å². The number of rotatable bonds is 3. The van der Waals surface area contributed by atoms with Crippen LogP contribution in [0.5, 0.6) is 23.0 Å². The molecule has 0 amide bonds. The van der Waals surface area contributed by atoms with Gasteiger partial charge in [-0.3, -0.25) is 0 Å². The van der Waals surface area contributed by atoms with Crippen molar-refractivity contribution in [3.05, 3.63) is 35.4 Å². The Morgan fingerprint density at radius 3 is 1.36 bits per heavy atom. The molecule has 0 saturated heterocycles. The number of fused-ring (bicyclic) bond motifs is 2. The van der Waals surface area contributed by atoms with E-state index in [2.05, 4.69) is 65.8 Å². The molecule has 2 atom stereocenters. The smallest absolute Gasteiger partial charge is 0.127 e. The average Bonchev–Trinajstić information content (AvgIpc) is 3.01. The minimum atomic E-state index is -0.240. The summed E-state index contributed by atoms with van der Waals surface area (Å²) in [7, 11) is 3.41. The van der Waals surface area contributed by atoms with Crippen molar-refractivity contribution < 1.29 is 18.9 Å². The summed E-state index contributed by atoms with van der Waals surface area (Å²) in [5.74, 6) is 4.02. The van der Waals surface area contributed by atoms with Crippen LogP contribution >= 0.6 is 0 Å². The lowest BCUT2D eigenvalue weighted by molar-refractivity contribution is 0.115. The Hall–Kier alpha value is -2.36. The van der Waals surface area contributed by atoms with E-state index in [0.717, 1.165) is 34.1 Å². The maximum absolute atomic E-state index is 6.26. The van der Waals surface area contributed by atoms with E-state index in [1.165, 1.54) is 11.1 Å². The molecule has 2 aromatic carbocycles. The molecule has 2 aromatic rings. The normalized spacial score (nSPS) is 23.4. The van der Waals surface area contributed by atoms with Crippen molar-refractivity contribution in [1.82, 2.24) is 0 Å². The molecule has 0 saturated carbocycles. The minimum absolute atomic E-state index is 0.240. The standard InChI is InChI=1S/C24H30O4/c1-13-15-9-19(25-7)17(11-21(15)27-23(13,3)4)18-12-22-16(10-20(18)26-8)14(2)24(5,6)28-22/h9-14H,1-8H3. The van der Waals surface area contributed by atoms with Crippen LogP contribution in [0.15, 0.2) is 24.3 Å². The van der Waals surface area contributed by atoms with Gasteiger partial charge in [-0.05, 0) is 52.0 Å². The first kappa shape index (κ1) is 19.0. The first-order valence-corrected chi connectivity index (χ1v) is 9.91. The van der Waals surface area contributed by atoms with Gasteiger partial charge in [0.25, 0.3) is 0 Å². The highest BCUT2D eigenvalue weighted by Crippen LogP contribution is 2.53. The zero-order valence-corrected chi connectivity index (χ0v) is 18.1. The number of ether oxygens (including phenoxy) is 4. The highest BCUT2D eigenvalue weighted by Gasteiger charge is 2.41. The predicted molar refractivity (Wildman–Crippen MR) is 111 cm³/mol. The summed E-state index contributed by atoms with van der Waals surface area (Å²) in [6.07, 6.45) is 0. The Kier molecular flexibility index (Phi) is 4.11. The number of hydrogen-bond donors (Lipinski definition) is 0. The summed E-state index contributed by atoms with van der Waals surface area (Å²) in [6.45, 7) is 12.9. The molecule has 4 nitrogen and oxygen atoms in total. The van der Waals surface area contributed by atoms with Gasteiger partial charge in [-0.2, -0.15) is 0 Å². The molecular formula is C24H30O4. The maximum Gasteiger partial charge on any atom is 0.127 e. The van der Waals surface area contributed by atoms with Crippen LogP contribution in [0.2, 0.25) is 0 Å². The molecule has 0 aliphatic carbocycles. The van der Waals surface area contributed by atoms with Crippen molar-refractivity contribution in [2.45, 2.75) is 64.6 Å². The van der Waals surface area contributed by atoms with Crippen LogP contribution in [0.25, 0.3) is 11.1 Å². The second kappa shape index (κ2) is 6.07. The fraction of sp³-hybridized carbons (Fsp3) is 0.500. The van der Waals surface area contributed by atoms with Gasteiger partial charge < -0.3 is 18.9 Å². The molecule has 2 unspecified atom stereocenters. The molecule has 0 fully saturated rings. The van der Waals surface area contributed by atoms with E-state index in [4.69, 9.17) is 18.9 Å². The molecular weight excluding hydrogens is 352 g/mol. The Morgan fingerprint density at radius 1 is 0.679 bits per heavy atom. The molecule has 28 heavy (non-hydrogen) atoms. The second-order valence-corrected chi connectivity index (χ2v) is 9.04. The average molecular weight is 383 g/mol.